The van der Waals surface area contributed by atoms with E-state index in [1.807, 2.05) is 18.5 Å². The van der Waals surface area contributed by atoms with Crippen molar-refractivity contribution in [3.8, 4) is 0 Å². The van der Waals surface area contributed by atoms with Crippen LogP contribution in [0.3, 0.4) is 0 Å². The molecule has 1 aromatic heterocycles. The lowest BCUT2D eigenvalue weighted by atomic mass is 9.88. The summed E-state index contributed by atoms with van der Waals surface area (Å²) in [6, 6.07) is 4.64. The van der Waals surface area contributed by atoms with Crippen molar-refractivity contribution in [2.45, 2.75) is 44.8 Å². The molecule has 0 radical (unpaired) electrons. The van der Waals surface area contributed by atoms with E-state index in [0.717, 1.165) is 38.7 Å². The molecule has 0 amide bonds. The van der Waals surface area contributed by atoms with E-state index in [9.17, 15) is 0 Å². The fourth-order valence-corrected chi connectivity index (χ4v) is 3.77. The first kappa shape index (κ1) is 15.9. The highest BCUT2D eigenvalue weighted by atomic mass is 16.5. The van der Waals surface area contributed by atoms with Gasteiger partial charge in [-0.15, -0.1) is 0 Å². The normalized spacial score (nSPS) is 30.3. The van der Waals surface area contributed by atoms with E-state index < -0.39 is 0 Å². The Morgan fingerprint density at radius 1 is 1.36 bits per heavy atom. The van der Waals surface area contributed by atoms with Gasteiger partial charge in [0.05, 0.1) is 12.7 Å². The minimum absolute atomic E-state index is 0.426. The van der Waals surface area contributed by atoms with Gasteiger partial charge in [-0.2, -0.15) is 0 Å². The molecule has 3 atom stereocenters. The summed E-state index contributed by atoms with van der Waals surface area (Å²) in [5.74, 6) is 0.728. The molecule has 4 heteroatoms. The van der Waals surface area contributed by atoms with E-state index in [1.54, 1.807) is 0 Å². The standard InChI is InChI=1S/C18H29N3O/c1-15-5-2-3-7-18(15)22-12-11-21-10-9-20-14-17(21)16-6-4-8-19-13-16/h4,6,8,13,15,17-18,20H,2-3,5,7,9-12,14H2,1H3. The maximum Gasteiger partial charge on any atom is 0.0601 e. The summed E-state index contributed by atoms with van der Waals surface area (Å²) in [5.41, 5.74) is 1.31. The molecule has 1 aliphatic carbocycles. The summed E-state index contributed by atoms with van der Waals surface area (Å²) in [5, 5.41) is 3.50. The van der Waals surface area contributed by atoms with Crippen LogP contribution in [0.5, 0.6) is 0 Å². The molecule has 3 rings (SSSR count). The van der Waals surface area contributed by atoms with Crippen molar-refractivity contribution in [2.24, 2.45) is 5.92 Å². The molecule has 1 aromatic rings. The van der Waals surface area contributed by atoms with Crippen molar-refractivity contribution in [1.82, 2.24) is 15.2 Å². The molecule has 3 unspecified atom stereocenters. The number of pyridine rings is 1. The fourth-order valence-electron chi connectivity index (χ4n) is 3.77. The Kier molecular flexibility index (Phi) is 5.82. The number of ether oxygens (including phenoxy) is 1. The van der Waals surface area contributed by atoms with Gasteiger partial charge in [-0.25, -0.2) is 0 Å². The quantitative estimate of drug-likeness (QED) is 0.907. The number of aromatic nitrogens is 1. The van der Waals surface area contributed by atoms with Crippen LogP contribution in [-0.4, -0.2) is 48.8 Å². The lowest BCUT2D eigenvalue weighted by molar-refractivity contribution is -0.0198. The minimum atomic E-state index is 0.426. The van der Waals surface area contributed by atoms with E-state index in [0.29, 0.717) is 12.1 Å². The number of hydrogen-bond acceptors (Lipinski definition) is 4. The topological polar surface area (TPSA) is 37.4 Å². The molecule has 2 heterocycles. The fraction of sp³-hybridized carbons (Fsp3) is 0.722. The van der Waals surface area contributed by atoms with E-state index in [1.165, 1.54) is 31.2 Å². The number of rotatable bonds is 5. The highest BCUT2D eigenvalue weighted by Crippen LogP contribution is 2.26. The Bertz CT molecular complexity index is 439. The highest BCUT2D eigenvalue weighted by Gasteiger charge is 2.25. The summed E-state index contributed by atoms with van der Waals surface area (Å²) in [7, 11) is 0. The summed E-state index contributed by atoms with van der Waals surface area (Å²) in [4.78, 5) is 6.81. The predicted molar refractivity (Wildman–Crippen MR) is 88.8 cm³/mol. The van der Waals surface area contributed by atoms with Crippen molar-refractivity contribution < 1.29 is 4.74 Å². The molecule has 0 spiro atoms. The second-order valence-corrected chi connectivity index (χ2v) is 6.71. The highest BCUT2D eigenvalue weighted by molar-refractivity contribution is 5.15. The third-order valence-electron chi connectivity index (χ3n) is 5.17. The maximum absolute atomic E-state index is 6.20. The van der Waals surface area contributed by atoms with Crippen LogP contribution in [0.2, 0.25) is 0 Å². The zero-order chi connectivity index (χ0) is 15.2. The second-order valence-electron chi connectivity index (χ2n) is 6.71. The van der Waals surface area contributed by atoms with Crippen molar-refractivity contribution in [1.29, 1.82) is 0 Å². The first-order valence-electron chi connectivity index (χ1n) is 8.81. The summed E-state index contributed by atoms with van der Waals surface area (Å²) < 4.78 is 6.20. The monoisotopic (exact) mass is 303 g/mol. The van der Waals surface area contributed by atoms with Gasteiger partial charge in [0.25, 0.3) is 0 Å². The molecule has 1 saturated heterocycles. The van der Waals surface area contributed by atoms with Crippen molar-refractivity contribution in [3.05, 3.63) is 30.1 Å². The van der Waals surface area contributed by atoms with Crippen LogP contribution in [0.1, 0.15) is 44.2 Å². The SMILES string of the molecule is CC1CCCCC1OCCN1CCNCC1c1cccnc1. The summed E-state index contributed by atoms with van der Waals surface area (Å²) >= 11 is 0. The Morgan fingerprint density at radius 3 is 3.09 bits per heavy atom. The van der Waals surface area contributed by atoms with Crippen LogP contribution >= 0.6 is 0 Å². The van der Waals surface area contributed by atoms with Gasteiger partial charge >= 0.3 is 0 Å². The number of nitrogens with one attached hydrogen (secondary N) is 1. The molecule has 0 aromatic carbocycles. The number of hydrogen-bond donors (Lipinski definition) is 1. The van der Waals surface area contributed by atoms with Crippen LogP contribution in [0.25, 0.3) is 0 Å². The first-order valence-corrected chi connectivity index (χ1v) is 8.81. The number of nitrogens with zero attached hydrogens (tertiary/aromatic N) is 2. The van der Waals surface area contributed by atoms with Gasteiger partial charge in [0, 0.05) is 44.6 Å². The van der Waals surface area contributed by atoms with Gasteiger partial charge in [-0.05, 0) is 30.4 Å². The van der Waals surface area contributed by atoms with Gasteiger partial charge in [0.15, 0.2) is 0 Å². The van der Waals surface area contributed by atoms with E-state index in [2.05, 4.69) is 28.2 Å². The molecule has 1 aliphatic heterocycles. The Labute approximate surface area is 134 Å². The second kappa shape index (κ2) is 8.04. The molecule has 2 fully saturated rings. The molecule has 1 saturated carbocycles. The Hall–Kier alpha value is -0.970. The lowest BCUT2D eigenvalue weighted by Crippen LogP contribution is -2.47. The predicted octanol–water partition coefficient (Wildman–Crippen LogP) is 2.62. The molecule has 122 valence electrons. The van der Waals surface area contributed by atoms with Crippen molar-refractivity contribution >= 4 is 0 Å². The lowest BCUT2D eigenvalue weighted by Gasteiger charge is -2.37. The zero-order valence-electron chi connectivity index (χ0n) is 13.7. The van der Waals surface area contributed by atoms with Gasteiger partial charge in [-0.1, -0.05) is 25.8 Å². The van der Waals surface area contributed by atoms with E-state index >= 15 is 0 Å². The Morgan fingerprint density at radius 2 is 2.27 bits per heavy atom. The molecular weight excluding hydrogens is 274 g/mol. The van der Waals surface area contributed by atoms with Gasteiger partial charge in [-0.3, -0.25) is 9.88 Å². The Balaban J connectivity index is 1.51. The van der Waals surface area contributed by atoms with E-state index in [4.69, 9.17) is 4.74 Å². The van der Waals surface area contributed by atoms with Crippen LogP contribution in [-0.2, 0) is 4.74 Å². The van der Waals surface area contributed by atoms with Crippen LogP contribution < -0.4 is 5.32 Å². The zero-order valence-corrected chi connectivity index (χ0v) is 13.7. The number of piperazine rings is 1. The average molecular weight is 303 g/mol. The molecule has 1 N–H and O–H groups in total. The molecule has 4 nitrogen and oxygen atoms in total. The van der Waals surface area contributed by atoms with Crippen LogP contribution in [0.15, 0.2) is 24.5 Å². The average Bonchev–Trinajstić information content (AvgIpc) is 2.58. The largest absolute Gasteiger partial charge is 0.377 e. The third kappa shape index (κ3) is 4.06. The van der Waals surface area contributed by atoms with Gasteiger partial charge in [0.1, 0.15) is 0 Å². The third-order valence-corrected chi connectivity index (χ3v) is 5.17. The van der Waals surface area contributed by atoms with E-state index in [-0.39, 0.29) is 0 Å². The summed E-state index contributed by atoms with van der Waals surface area (Å²) in [6.07, 6.45) is 9.61. The van der Waals surface area contributed by atoms with Crippen molar-refractivity contribution in [3.63, 3.8) is 0 Å². The smallest absolute Gasteiger partial charge is 0.0601 e. The molecule has 2 aliphatic rings. The van der Waals surface area contributed by atoms with Crippen LogP contribution in [0, 0.1) is 5.92 Å². The molecule has 22 heavy (non-hydrogen) atoms. The van der Waals surface area contributed by atoms with Gasteiger partial charge in [0.2, 0.25) is 0 Å². The molecule has 0 bridgehead atoms. The first-order chi connectivity index (χ1) is 10.8. The van der Waals surface area contributed by atoms with Gasteiger partial charge < -0.3 is 10.1 Å². The molecular formula is C18H29N3O. The summed E-state index contributed by atoms with van der Waals surface area (Å²) in [6.45, 7) is 7.37. The maximum atomic E-state index is 6.20. The van der Waals surface area contributed by atoms with Crippen LogP contribution in [0.4, 0.5) is 0 Å². The van der Waals surface area contributed by atoms with Crippen molar-refractivity contribution in [2.75, 3.05) is 32.8 Å². The minimum Gasteiger partial charge on any atom is -0.377 e.